The fourth-order valence-electron chi connectivity index (χ4n) is 2.60. The van der Waals surface area contributed by atoms with E-state index in [0.29, 0.717) is 28.1 Å². The molecule has 0 spiro atoms. The molecule has 0 radical (unpaired) electrons. The number of methoxy groups -OCH3 is 2. The van der Waals surface area contributed by atoms with Crippen molar-refractivity contribution in [1.29, 1.82) is 0 Å². The van der Waals surface area contributed by atoms with Crippen LogP contribution in [0.1, 0.15) is 12.5 Å². The van der Waals surface area contributed by atoms with E-state index in [2.05, 4.69) is 16.8 Å². The van der Waals surface area contributed by atoms with E-state index in [4.69, 9.17) is 9.47 Å². The first-order valence-corrected chi connectivity index (χ1v) is 9.60. The van der Waals surface area contributed by atoms with Crippen LogP contribution in [-0.2, 0) is 4.79 Å². The van der Waals surface area contributed by atoms with Crippen LogP contribution in [0.25, 0.3) is 6.08 Å². The van der Waals surface area contributed by atoms with Crippen LogP contribution in [0, 0.1) is 11.8 Å². The van der Waals surface area contributed by atoms with E-state index in [0.717, 1.165) is 11.3 Å². The lowest BCUT2D eigenvalue weighted by Crippen LogP contribution is -2.30. The Kier molecular flexibility index (Phi) is 6.41. The van der Waals surface area contributed by atoms with Crippen LogP contribution in [0.4, 0.5) is 5.69 Å². The van der Waals surface area contributed by atoms with E-state index < -0.39 is 0 Å². The van der Waals surface area contributed by atoms with Gasteiger partial charge in [0, 0.05) is 6.07 Å². The Labute approximate surface area is 169 Å². The summed E-state index contributed by atoms with van der Waals surface area (Å²) in [6.45, 7) is 1.79. The molecule has 1 aliphatic heterocycles. The van der Waals surface area contributed by atoms with Crippen molar-refractivity contribution >= 4 is 34.6 Å². The summed E-state index contributed by atoms with van der Waals surface area (Å²) in [4.78, 5) is 19.3. The molecule has 0 bridgehead atoms. The topological polar surface area (TPSA) is 51.1 Å². The fourth-order valence-corrected chi connectivity index (χ4v) is 3.43. The maximum atomic E-state index is 13.1. The summed E-state index contributed by atoms with van der Waals surface area (Å²) in [5, 5.41) is 0.598. The number of ether oxygens (including phenoxy) is 2. The van der Waals surface area contributed by atoms with Gasteiger partial charge in [0.25, 0.3) is 5.91 Å². The maximum Gasteiger partial charge on any atom is 0.283 e. The van der Waals surface area contributed by atoms with Crippen LogP contribution < -0.4 is 14.4 Å². The molecule has 2 aromatic carbocycles. The Hall–Kier alpha value is -3.17. The third-order valence-corrected chi connectivity index (χ3v) is 4.83. The van der Waals surface area contributed by atoms with Crippen LogP contribution in [-0.4, -0.2) is 31.0 Å². The van der Waals surface area contributed by atoms with Gasteiger partial charge in [-0.3, -0.25) is 9.69 Å². The number of amides is 1. The predicted molar refractivity (Wildman–Crippen MR) is 115 cm³/mol. The summed E-state index contributed by atoms with van der Waals surface area (Å²) in [6, 6.07) is 14.8. The van der Waals surface area contributed by atoms with Crippen molar-refractivity contribution in [3.63, 3.8) is 0 Å². The van der Waals surface area contributed by atoms with Crippen LogP contribution in [0.2, 0.25) is 0 Å². The second kappa shape index (κ2) is 9.16. The van der Waals surface area contributed by atoms with Crippen molar-refractivity contribution in [3.05, 3.63) is 59.8 Å². The van der Waals surface area contributed by atoms with Crippen molar-refractivity contribution < 1.29 is 14.3 Å². The monoisotopic (exact) mass is 392 g/mol. The number of thioether (sulfide) groups is 1. The van der Waals surface area contributed by atoms with Gasteiger partial charge in [-0.15, -0.1) is 5.92 Å². The standard InChI is InChI=1S/C22H20N2O3S/c1-4-5-13-28-22-23-20(14-16-9-11-18(26-2)12-10-16)21(25)24(22)17-7-6-8-19(15-17)27-3/h6-12,14-15H,13H2,1-3H3. The van der Waals surface area contributed by atoms with Gasteiger partial charge in [-0.25, -0.2) is 4.99 Å². The van der Waals surface area contributed by atoms with Crippen molar-refractivity contribution in [2.75, 3.05) is 24.9 Å². The quantitative estimate of drug-likeness (QED) is 0.565. The molecule has 1 heterocycles. The number of carbonyl (C=O) groups excluding carboxylic acids is 1. The molecular formula is C22H20N2O3S. The highest BCUT2D eigenvalue weighted by atomic mass is 32.2. The molecule has 0 aliphatic carbocycles. The molecule has 5 nitrogen and oxygen atoms in total. The summed E-state index contributed by atoms with van der Waals surface area (Å²) >= 11 is 1.43. The van der Waals surface area contributed by atoms with E-state index in [1.807, 2.05) is 48.5 Å². The largest absolute Gasteiger partial charge is 0.497 e. The van der Waals surface area contributed by atoms with E-state index in [1.54, 1.807) is 32.1 Å². The maximum absolute atomic E-state index is 13.1. The Morgan fingerprint density at radius 3 is 2.54 bits per heavy atom. The van der Waals surface area contributed by atoms with Crippen molar-refractivity contribution in [1.82, 2.24) is 0 Å². The minimum atomic E-state index is -0.184. The lowest BCUT2D eigenvalue weighted by molar-refractivity contribution is -0.113. The second-order valence-corrected chi connectivity index (χ2v) is 6.70. The van der Waals surface area contributed by atoms with Crippen LogP contribution in [0.5, 0.6) is 11.5 Å². The molecule has 0 aromatic heterocycles. The molecule has 0 saturated heterocycles. The highest BCUT2D eigenvalue weighted by Crippen LogP contribution is 2.31. The van der Waals surface area contributed by atoms with Gasteiger partial charge in [-0.1, -0.05) is 35.9 Å². The molecular weight excluding hydrogens is 372 g/mol. The molecule has 142 valence electrons. The van der Waals surface area contributed by atoms with Gasteiger partial charge in [0.1, 0.15) is 17.2 Å². The van der Waals surface area contributed by atoms with Crippen molar-refractivity contribution in [2.24, 2.45) is 4.99 Å². The van der Waals surface area contributed by atoms with Gasteiger partial charge in [-0.2, -0.15) is 0 Å². The number of hydrogen-bond acceptors (Lipinski definition) is 5. The number of anilines is 1. The van der Waals surface area contributed by atoms with E-state index in [-0.39, 0.29) is 5.91 Å². The van der Waals surface area contributed by atoms with Crippen molar-refractivity contribution in [2.45, 2.75) is 6.92 Å². The molecule has 2 aromatic rings. The number of rotatable bonds is 5. The molecule has 1 aliphatic rings. The van der Waals surface area contributed by atoms with Gasteiger partial charge in [-0.05, 0) is 42.8 Å². The SMILES string of the molecule is CC#CCSC1=NC(=Cc2ccc(OC)cc2)C(=O)N1c1cccc(OC)c1. The zero-order valence-corrected chi connectivity index (χ0v) is 16.7. The normalized spacial score (nSPS) is 14.5. The average molecular weight is 392 g/mol. The zero-order chi connectivity index (χ0) is 19.9. The van der Waals surface area contributed by atoms with E-state index in [9.17, 15) is 4.79 Å². The first-order chi connectivity index (χ1) is 13.7. The molecule has 0 atom stereocenters. The van der Waals surface area contributed by atoms with Gasteiger partial charge in [0.05, 0.1) is 25.7 Å². The molecule has 0 N–H and O–H groups in total. The zero-order valence-electron chi connectivity index (χ0n) is 15.9. The lowest BCUT2D eigenvalue weighted by atomic mass is 10.2. The number of aliphatic imine (C=N–C) groups is 1. The Morgan fingerprint density at radius 1 is 1.11 bits per heavy atom. The van der Waals surface area contributed by atoms with Crippen LogP contribution >= 0.6 is 11.8 Å². The number of nitrogens with zero attached hydrogens (tertiary/aromatic N) is 2. The lowest BCUT2D eigenvalue weighted by Gasteiger charge is -2.17. The summed E-state index contributed by atoms with van der Waals surface area (Å²) in [5.41, 5.74) is 1.95. The number of benzene rings is 2. The smallest absolute Gasteiger partial charge is 0.283 e. The Morgan fingerprint density at radius 2 is 1.86 bits per heavy atom. The molecule has 0 unspecified atom stereocenters. The Balaban J connectivity index is 1.96. The molecule has 0 saturated carbocycles. The first kappa shape index (κ1) is 19.6. The molecule has 0 fully saturated rings. The molecule has 3 rings (SSSR count). The third-order valence-electron chi connectivity index (χ3n) is 4.01. The number of hydrogen-bond donors (Lipinski definition) is 0. The van der Waals surface area contributed by atoms with Crippen LogP contribution in [0.15, 0.2) is 59.2 Å². The first-order valence-electron chi connectivity index (χ1n) is 8.61. The minimum absolute atomic E-state index is 0.184. The summed E-state index contributed by atoms with van der Waals surface area (Å²) in [6.07, 6.45) is 1.77. The average Bonchev–Trinajstić information content (AvgIpc) is 3.04. The predicted octanol–water partition coefficient (Wildman–Crippen LogP) is 4.20. The van der Waals surface area contributed by atoms with Gasteiger partial charge in [0.2, 0.25) is 0 Å². The summed E-state index contributed by atoms with van der Waals surface area (Å²) in [5.74, 6) is 7.67. The fraction of sp³-hybridized carbons (Fsp3) is 0.182. The Bertz CT molecular complexity index is 985. The van der Waals surface area contributed by atoms with Gasteiger partial charge < -0.3 is 9.47 Å². The molecule has 1 amide bonds. The van der Waals surface area contributed by atoms with Gasteiger partial charge >= 0.3 is 0 Å². The third kappa shape index (κ3) is 4.38. The van der Waals surface area contributed by atoms with Gasteiger partial charge in [0.15, 0.2) is 5.17 Å². The van der Waals surface area contributed by atoms with E-state index in [1.165, 1.54) is 11.8 Å². The summed E-state index contributed by atoms with van der Waals surface area (Å²) in [7, 11) is 3.22. The highest BCUT2D eigenvalue weighted by Gasteiger charge is 2.32. The molecule has 28 heavy (non-hydrogen) atoms. The molecule has 6 heteroatoms. The highest BCUT2D eigenvalue weighted by molar-refractivity contribution is 8.14. The second-order valence-electron chi connectivity index (χ2n) is 5.75. The van der Waals surface area contributed by atoms with Crippen molar-refractivity contribution in [3.8, 4) is 23.3 Å². The van der Waals surface area contributed by atoms with E-state index >= 15 is 0 Å². The number of carbonyl (C=O) groups is 1. The van der Waals surface area contributed by atoms with Crippen LogP contribution in [0.3, 0.4) is 0 Å². The summed E-state index contributed by atoms with van der Waals surface area (Å²) < 4.78 is 10.5. The number of amidine groups is 1. The minimum Gasteiger partial charge on any atom is -0.497 e.